The highest BCUT2D eigenvalue weighted by Crippen LogP contribution is 2.31. The summed E-state index contributed by atoms with van der Waals surface area (Å²) in [7, 11) is -2.84. The summed E-state index contributed by atoms with van der Waals surface area (Å²) in [6.07, 6.45) is 5.37. The number of hydrogen-bond donors (Lipinski definition) is 2. The van der Waals surface area contributed by atoms with Gasteiger partial charge in [-0.3, -0.25) is 4.57 Å². The number of rotatable bonds is 15. The molecule has 2 N–H and O–H groups in total. The molecule has 1 aromatic heterocycles. The summed E-state index contributed by atoms with van der Waals surface area (Å²) in [6.45, 7) is 6.76. The second-order valence-corrected chi connectivity index (χ2v) is 9.64. The molecular weight excluding hydrogens is 449 g/mol. The summed E-state index contributed by atoms with van der Waals surface area (Å²) in [5.74, 6) is 2.26. The summed E-state index contributed by atoms with van der Waals surface area (Å²) in [6, 6.07) is 18.9. The predicted octanol–water partition coefficient (Wildman–Crippen LogP) is 6.04. The lowest BCUT2D eigenvalue weighted by molar-refractivity contribution is 0.276. The summed E-state index contributed by atoms with van der Waals surface area (Å²) in [4.78, 5) is 8.69. The molecule has 0 fully saturated rings. The quantitative estimate of drug-likeness (QED) is 0.202. The molecule has 0 saturated carbocycles. The molecule has 1 unspecified atom stereocenters. The molecular formula is C27H36NO5P. The van der Waals surface area contributed by atoms with Gasteiger partial charge in [0.25, 0.3) is 0 Å². The van der Waals surface area contributed by atoms with Crippen LogP contribution in [0, 0.1) is 5.92 Å². The highest BCUT2D eigenvalue weighted by molar-refractivity contribution is 7.32. The maximum absolute atomic E-state index is 10.6. The van der Waals surface area contributed by atoms with Crippen LogP contribution in [-0.4, -0.2) is 24.7 Å². The Morgan fingerprint density at radius 2 is 1.76 bits per heavy atom. The number of aryl methyl sites for hydroxylation is 1. The Kier molecular flexibility index (Phi) is 10.9. The molecule has 34 heavy (non-hydrogen) atoms. The van der Waals surface area contributed by atoms with Crippen molar-refractivity contribution in [2.75, 3.05) is 19.8 Å². The van der Waals surface area contributed by atoms with Crippen molar-refractivity contribution in [3.05, 3.63) is 77.6 Å². The Labute approximate surface area is 203 Å². The lowest BCUT2D eigenvalue weighted by Crippen LogP contribution is -2.16. The van der Waals surface area contributed by atoms with Crippen molar-refractivity contribution in [2.45, 2.75) is 46.1 Å². The average Bonchev–Trinajstić information content (AvgIpc) is 3.35. The van der Waals surface area contributed by atoms with Crippen molar-refractivity contribution in [3.63, 3.8) is 0 Å². The van der Waals surface area contributed by atoms with Crippen molar-refractivity contribution in [1.82, 2.24) is 5.32 Å². The van der Waals surface area contributed by atoms with Gasteiger partial charge in [0, 0.05) is 6.54 Å². The Hall–Kier alpha value is -2.37. The third-order valence-corrected chi connectivity index (χ3v) is 5.87. The van der Waals surface area contributed by atoms with E-state index in [1.54, 1.807) is 6.26 Å². The second kappa shape index (κ2) is 14.1. The van der Waals surface area contributed by atoms with E-state index in [1.165, 1.54) is 11.1 Å². The minimum Gasteiger partial charge on any atom is -0.493 e. The van der Waals surface area contributed by atoms with E-state index in [-0.39, 0.29) is 6.61 Å². The van der Waals surface area contributed by atoms with Crippen LogP contribution in [0.5, 0.6) is 5.75 Å². The molecule has 1 heterocycles. The number of furan rings is 1. The first-order chi connectivity index (χ1) is 16.5. The minimum absolute atomic E-state index is 0.272. The van der Waals surface area contributed by atoms with E-state index in [4.69, 9.17) is 18.6 Å². The zero-order valence-corrected chi connectivity index (χ0v) is 21.1. The summed E-state index contributed by atoms with van der Waals surface area (Å²) in [5, 5.41) is 3.33. The molecule has 3 aromatic rings. The molecule has 0 aliphatic carbocycles. The summed E-state index contributed by atoms with van der Waals surface area (Å²) < 4.78 is 27.1. The van der Waals surface area contributed by atoms with Gasteiger partial charge in [0.1, 0.15) is 11.5 Å². The normalized spacial score (nSPS) is 12.2. The van der Waals surface area contributed by atoms with E-state index in [1.807, 2.05) is 24.3 Å². The monoisotopic (exact) mass is 485 g/mol. The first kappa shape index (κ1) is 26.2. The van der Waals surface area contributed by atoms with Gasteiger partial charge in [0.15, 0.2) is 0 Å². The van der Waals surface area contributed by atoms with Gasteiger partial charge in [-0.1, -0.05) is 44.2 Å². The van der Waals surface area contributed by atoms with Gasteiger partial charge < -0.3 is 23.9 Å². The van der Waals surface area contributed by atoms with Crippen LogP contribution in [0.25, 0.3) is 11.3 Å². The van der Waals surface area contributed by atoms with Crippen LogP contribution in [0.3, 0.4) is 0 Å². The van der Waals surface area contributed by atoms with Crippen LogP contribution in [0.1, 0.15) is 43.4 Å². The average molecular weight is 486 g/mol. The molecule has 184 valence electrons. The largest absolute Gasteiger partial charge is 0.493 e. The van der Waals surface area contributed by atoms with Gasteiger partial charge in [-0.25, -0.2) is 0 Å². The van der Waals surface area contributed by atoms with Crippen LogP contribution in [-0.2, 0) is 28.5 Å². The predicted molar refractivity (Wildman–Crippen MR) is 136 cm³/mol. The molecule has 2 aromatic carbocycles. The van der Waals surface area contributed by atoms with Crippen molar-refractivity contribution >= 4 is 8.25 Å². The molecule has 0 spiro atoms. The Balaban J connectivity index is 1.50. The third-order valence-electron chi connectivity index (χ3n) is 5.42. The van der Waals surface area contributed by atoms with Crippen LogP contribution in [0.15, 0.2) is 65.3 Å². The van der Waals surface area contributed by atoms with Crippen LogP contribution in [0.2, 0.25) is 0 Å². The molecule has 0 aliphatic rings. The number of hydrogen-bond acceptors (Lipinski definition) is 5. The molecule has 3 rings (SSSR count). The smallest absolute Gasteiger partial charge is 0.316 e. The van der Waals surface area contributed by atoms with Crippen molar-refractivity contribution in [3.8, 4) is 17.1 Å². The molecule has 7 heteroatoms. The fraction of sp³-hybridized carbons (Fsp3) is 0.407. The van der Waals surface area contributed by atoms with Gasteiger partial charge in [-0.05, 0) is 79.1 Å². The van der Waals surface area contributed by atoms with Gasteiger partial charge in [0.05, 0.1) is 25.0 Å². The Bertz CT molecular complexity index is 1000. The number of ether oxygens (including phenoxy) is 1. The molecule has 0 bridgehead atoms. The first-order valence-electron chi connectivity index (χ1n) is 11.9. The molecule has 1 atom stereocenters. The zero-order valence-electron chi connectivity index (χ0n) is 20.1. The highest BCUT2D eigenvalue weighted by atomic mass is 31.1. The van der Waals surface area contributed by atoms with E-state index in [0.29, 0.717) is 32.0 Å². The van der Waals surface area contributed by atoms with Crippen molar-refractivity contribution in [2.24, 2.45) is 5.92 Å². The van der Waals surface area contributed by atoms with E-state index in [0.717, 1.165) is 41.9 Å². The van der Waals surface area contributed by atoms with Gasteiger partial charge >= 0.3 is 8.25 Å². The van der Waals surface area contributed by atoms with Crippen molar-refractivity contribution < 1.29 is 23.1 Å². The topological polar surface area (TPSA) is 80.9 Å². The third kappa shape index (κ3) is 9.11. The van der Waals surface area contributed by atoms with E-state index < -0.39 is 8.25 Å². The minimum atomic E-state index is -2.84. The fourth-order valence-corrected chi connectivity index (χ4v) is 4.12. The first-order valence-corrected chi connectivity index (χ1v) is 13.2. The number of nitrogens with one attached hydrogen (secondary N) is 1. The highest BCUT2D eigenvalue weighted by Gasteiger charge is 2.11. The zero-order chi connectivity index (χ0) is 24.2. The fourth-order valence-electron chi connectivity index (χ4n) is 3.80. The van der Waals surface area contributed by atoms with Crippen LogP contribution < -0.4 is 10.1 Å². The maximum Gasteiger partial charge on any atom is 0.316 e. The number of benzene rings is 2. The van der Waals surface area contributed by atoms with E-state index >= 15 is 0 Å². The van der Waals surface area contributed by atoms with Gasteiger partial charge in [0.2, 0.25) is 0 Å². The van der Waals surface area contributed by atoms with Gasteiger partial charge in [-0.2, -0.15) is 0 Å². The summed E-state index contributed by atoms with van der Waals surface area (Å²) in [5.41, 5.74) is 4.77. The Morgan fingerprint density at radius 1 is 1.00 bits per heavy atom. The Morgan fingerprint density at radius 3 is 2.47 bits per heavy atom. The molecule has 6 nitrogen and oxygen atoms in total. The van der Waals surface area contributed by atoms with Gasteiger partial charge in [-0.15, -0.1) is 0 Å². The second-order valence-electron chi connectivity index (χ2n) is 8.82. The van der Waals surface area contributed by atoms with Crippen molar-refractivity contribution in [1.29, 1.82) is 0 Å². The summed E-state index contributed by atoms with van der Waals surface area (Å²) >= 11 is 0. The van der Waals surface area contributed by atoms with Crippen LogP contribution in [0.4, 0.5) is 0 Å². The molecule has 0 amide bonds. The molecule has 0 saturated heterocycles. The lowest BCUT2D eigenvalue weighted by Gasteiger charge is -2.13. The maximum atomic E-state index is 10.6. The molecule has 0 aliphatic heterocycles. The van der Waals surface area contributed by atoms with E-state index in [2.05, 4.69) is 49.5 Å². The van der Waals surface area contributed by atoms with E-state index in [9.17, 15) is 4.57 Å². The SMILES string of the molecule is CC(C)Cc1ccc(CCCOc2ccc(CNCCCO[PH](=O)O)cc2-c2ccco2)cc1. The molecule has 0 radical (unpaired) electrons. The standard InChI is InChI=1S/C27H36NO5P/c1-21(2)18-23-10-8-22(9-11-23)6-3-15-32-27-13-12-24(19-25(27)26-7-4-16-31-26)20-28-14-5-17-33-34(29)30/h4,7-13,16,19,21,28,34H,3,5-6,14-15,17-18,20H2,1-2H3,(H,29,30). The van der Waals surface area contributed by atoms with Crippen LogP contribution >= 0.6 is 8.25 Å². The lowest BCUT2D eigenvalue weighted by atomic mass is 10.0.